The average Bonchev–Trinajstić information content (AvgIpc) is 2.56. The predicted octanol–water partition coefficient (Wildman–Crippen LogP) is 3.63. The molecule has 0 saturated carbocycles. The third-order valence-electron chi connectivity index (χ3n) is 3.00. The van der Waals surface area contributed by atoms with E-state index >= 15 is 0 Å². The van der Waals surface area contributed by atoms with Crippen LogP contribution in [0.2, 0.25) is 0 Å². The van der Waals surface area contributed by atoms with Gasteiger partial charge in [0.1, 0.15) is 11.5 Å². The highest BCUT2D eigenvalue weighted by atomic mass is 16.5. The predicted molar refractivity (Wildman–Crippen MR) is 85.3 cm³/mol. The van der Waals surface area contributed by atoms with Gasteiger partial charge < -0.3 is 19.5 Å². The first kappa shape index (κ1) is 15.5. The van der Waals surface area contributed by atoms with Crippen molar-refractivity contribution in [3.05, 3.63) is 42.5 Å². The quantitative estimate of drug-likeness (QED) is 0.882. The van der Waals surface area contributed by atoms with Crippen molar-refractivity contribution in [1.82, 2.24) is 0 Å². The van der Waals surface area contributed by atoms with Gasteiger partial charge in [-0.15, -0.1) is 0 Å². The normalized spacial score (nSPS) is 9.77. The van der Waals surface area contributed by atoms with Gasteiger partial charge in [0.2, 0.25) is 0 Å². The fourth-order valence-electron chi connectivity index (χ4n) is 1.86. The van der Waals surface area contributed by atoms with Crippen molar-refractivity contribution < 1.29 is 19.0 Å². The minimum atomic E-state index is -0.502. The Morgan fingerprint density at radius 3 is 2.18 bits per heavy atom. The molecule has 2 rings (SSSR count). The maximum absolute atomic E-state index is 11.1. The third kappa shape index (κ3) is 3.82. The number of hydrogen-bond donors (Lipinski definition) is 2. The molecule has 0 aliphatic heterocycles. The van der Waals surface area contributed by atoms with Crippen molar-refractivity contribution >= 4 is 23.2 Å². The molecule has 116 valence electrons. The van der Waals surface area contributed by atoms with E-state index in [1.165, 1.54) is 7.11 Å². The van der Waals surface area contributed by atoms with Crippen LogP contribution in [0.15, 0.2) is 42.5 Å². The topological polar surface area (TPSA) is 68.8 Å². The van der Waals surface area contributed by atoms with E-state index < -0.39 is 6.09 Å². The van der Waals surface area contributed by atoms with Gasteiger partial charge in [-0.1, -0.05) is 0 Å². The number of anilines is 3. The van der Waals surface area contributed by atoms with Gasteiger partial charge in [-0.2, -0.15) is 0 Å². The van der Waals surface area contributed by atoms with E-state index in [1.54, 1.807) is 32.4 Å². The van der Waals surface area contributed by atoms with Crippen LogP contribution in [0.4, 0.5) is 21.9 Å². The van der Waals surface area contributed by atoms with Crippen molar-refractivity contribution in [2.75, 3.05) is 32.0 Å². The second-order valence-electron chi connectivity index (χ2n) is 4.39. The van der Waals surface area contributed by atoms with E-state index in [9.17, 15) is 4.79 Å². The smallest absolute Gasteiger partial charge is 0.411 e. The lowest BCUT2D eigenvalue weighted by atomic mass is 10.2. The summed E-state index contributed by atoms with van der Waals surface area (Å²) < 4.78 is 15.0. The molecule has 22 heavy (non-hydrogen) atoms. The Morgan fingerprint density at radius 1 is 0.909 bits per heavy atom. The van der Waals surface area contributed by atoms with Gasteiger partial charge in [0.25, 0.3) is 0 Å². The van der Waals surface area contributed by atoms with E-state index in [4.69, 9.17) is 9.47 Å². The zero-order valence-electron chi connectivity index (χ0n) is 12.7. The highest BCUT2D eigenvalue weighted by Gasteiger charge is 2.06. The maximum atomic E-state index is 11.1. The lowest BCUT2D eigenvalue weighted by Gasteiger charge is -2.13. The number of carbonyl (C=O) groups is 1. The van der Waals surface area contributed by atoms with Crippen LogP contribution < -0.4 is 20.1 Å². The molecule has 6 heteroatoms. The number of rotatable bonds is 5. The van der Waals surface area contributed by atoms with Gasteiger partial charge in [0.15, 0.2) is 0 Å². The van der Waals surface area contributed by atoms with Crippen LogP contribution in [0.25, 0.3) is 0 Å². The SMILES string of the molecule is COC(=O)Nc1ccc(Nc2ccc(OC)cc2OC)cc1. The van der Waals surface area contributed by atoms with E-state index in [-0.39, 0.29) is 0 Å². The minimum absolute atomic E-state index is 0.502. The Labute approximate surface area is 129 Å². The summed E-state index contributed by atoms with van der Waals surface area (Å²) in [5.41, 5.74) is 2.33. The van der Waals surface area contributed by atoms with Crippen LogP contribution in [0.1, 0.15) is 0 Å². The Balaban J connectivity index is 2.12. The molecule has 0 spiro atoms. The second-order valence-corrected chi connectivity index (χ2v) is 4.39. The molecule has 6 nitrogen and oxygen atoms in total. The van der Waals surface area contributed by atoms with Crippen LogP contribution in [-0.2, 0) is 4.74 Å². The Bertz CT molecular complexity index is 641. The van der Waals surface area contributed by atoms with Gasteiger partial charge in [0.05, 0.1) is 27.0 Å². The van der Waals surface area contributed by atoms with Crippen molar-refractivity contribution in [3.63, 3.8) is 0 Å². The second kappa shape index (κ2) is 7.21. The fourth-order valence-corrected chi connectivity index (χ4v) is 1.86. The molecule has 1 amide bonds. The van der Waals surface area contributed by atoms with Crippen LogP contribution in [0.3, 0.4) is 0 Å². The number of ether oxygens (including phenoxy) is 3. The van der Waals surface area contributed by atoms with Crippen LogP contribution in [0, 0.1) is 0 Å². The molecule has 0 bridgehead atoms. The number of hydrogen-bond acceptors (Lipinski definition) is 5. The molecule has 2 aromatic rings. The molecular weight excluding hydrogens is 284 g/mol. The Hall–Kier alpha value is -2.89. The van der Waals surface area contributed by atoms with E-state index in [0.29, 0.717) is 11.4 Å². The number of carbonyl (C=O) groups excluding carboxylic acids is 1. The fraction of sp³-hybridized carbons (Fsp3) is 0.188. The van der Waals surface area contributed by atoms with Crippen molar-refractivity contribution in [1.29, 1.82) is 0 Å². The lowest BCUT2D eigenvalue weighted by Crippen LogP contribution is -2.10. The molecule has 0 saturated heterocycles. The molecule has 0 aromatic heterocycles. The van der Waals surface area contributed by atoms with E-state index in [1.807, 2.05) is 24.3 Å². The van der Waals surface area contributed by atoms with Crippen LogP contribution in [-0.4, -0.2) is 27.4 Å². The molecule has 0 unspecified atom stereocenters. The molecular formula is C16H18N2O4. The first-order valence-electron chi connectivity index (χ1n) is 6.60. The highest BCUT2D eigenvalue weighted by Crippen LogP contribution is 2.31. The number of amides is 1. The highest BCUT2D eigenvalue weighted by molar-refractivity contribution is 5.84. The summed E-state index contributed by atoms with van der Waals surface area (Å²) in [6.07, 6.45) is -0.502. The molecule has 0 radical (unpaired) electrons. The van der Waals surface area contributed by atoms with Crippen LogP contribution in [0.5, 0.6) is 11.5 Å². The summed E-state index contributed by atoms with van der Waals surface area (Å²) in [6, 6.07) is 12.8. The maximum Gasteiger partial charge on any atom is 0.411 e. The molecule has 0 heterocycles. The first-order chi connectivity index (χ1) is 10.7. The average molecular weight is 302 g/mol. The number of methoxy groups -OCH3 is 3. The van der Waals surface area contributed by atoms with E-state index in [0.717, 1.165) is 17.1 Å². The summed E-state index contributed by atoms with van der Waals surface area (Å²) in [7, 11) is 4.53. The summed E-state index contributed by atoms with van der Waals surface area (Å²) in [4.78, 5) is 11.1. The summed E-state index contributed by atoms with van der Waals surface area (Å²) >= 11 is 0. The molecule has 0 fully saturated rings. The monoisotopic (exact) mass is 302 g/mol. The zero-order chi connectivity index (χ0) is 15.9. The Kier molecular flexibility index (Phi) is 5.08. The minimum Gasteiger partial charge on any atom is -0.497 e. The van der Waals surface area contributed by atoms with Crippen molar-refractivity contribution in [2.45, 2.75) is 0 Å². The molecule has 0 atom stereocenters. The Morgan fingerprint density at radius 2 is 1.59 bits per heavy atom. The van der Waals surface area contributed by atoms with Gasteiger partial charge in [-0.3, -0.25) is 5.32 Å². The van der Waals surface area contributed by atoms with Gasteiger partial charge in [0, 0.05) is 17.4 Å². The summed E-state index contributed by atoms with van der Waals surface area (Å²) in [6.45, 7) is 0. The largest absolute Gasteiger partial charge is 0.497 e. The number of nitrogens with one attached hydrogen (secondary N) is 2. The van der Waals surface area contributed by atoms with Crippen molar-refractivity contribution in [3.8, 4) is 11.5 Å². The van der Waals surface area contributed by atoms with Gasteiger partial charge in [-0.05, 0) is 36.4 Å². The van der Waals surface area contributed by atoms with E-state index in [2.05, 4.69) is 15.4 Å². The van der Waals surface area contributed by atoms with Crippen molar-refractivity contribution in [2.24, 2.45) is 0 Å². The molecule has 0 aliphatic rings. The van der Waals surface area contributed by atoms with Gasteiger partial charge in [-0.25, -0.2) is 4.79 Å². The standard InChI is InChI=1S/C16H18N2O4/c1-20-13-8-9-14(15(10-13)21-2)17-11-4-6-12(7-5-11)18-16(19)22-3/h4-10,17H,1-3H3,(H,18,19). The zero-order valence-corrected chi connectivity index (χ0v) is 12.7. The third-order valence-corrected chi connectivity index (χ3v) is 3.00. The summed E-state index contributed by atoms with van der Waals surface area (Å²) in [5, 5.41) is 5.83. The van der Waals surface area contributed by atoms with Crippen LogP contribution >= 0.6 is 0 Å². The lowest BCUT2D eigenvalue weighted by molar-refractivity contribution is 0.187. The van der Waals surface area contributed by atoms with Gasteiger partial charge >= 0.3 is 6.09 Å². The summed E-state index contributed by atoms with van der Waals surface area (Å²) in [5.74, 6) is 1.40. The number of benzene rings is 2. The molecule has 2 aromatic carbocycles. The molecule has 2 N–H and O–H groups in total. The molecule has 0 aliphatic carbocycles. The first-order valence-corrected chi connectivity index (χ1v) is 6.60.